The standard InChI is InChI=1S/C28H18Cl2N2O5/c29-22-11-6-19(7-12-22)27(34)36-24-15-10-21(17-31-32-26(33)18-4-2-1-3-5-18)25(16-24)37-28(35)20-8-13-23(30)14-9-20/h1-17H,(H,32,33)/b31-17+. The van der Waals surface area contributed by atoms with Crippen LogP contribution in [0.4, 0.5) is 0 Å². The lowest BCUT2D eigenvalue weighted by atomic mass is 10.2. The van der Waals surface area contributed by atoms with Gasteiger partial charge in [-0.25, -0.2) is 15.0 Å². The molecule has 37 heavy (non-hydrogen) atoms. The van der Waals surface area contributed by atoms with Gasteiger partial charge in [0, 0.05) is 27.2 Å². The summed E-state index contributed by atoms with van der Waals surface area (Å²) < 4.78 is 11.0. The van der Waals surface area contributed by atoms with E-state index < -0.39 is 17.8 Å². The van der Waals surface area contributed by atoms with Gasteiger partial charge in [0.25, 0.3) is 5.91 Å². The molecular weight excluding hydrogens is 515 g/mol. The maximum absolute atomic E-state index is 12.7. The van der Waals surface area contributed by atoms with Crippen molar-refractivity contribution in [3.8, 4) is 11.5 Å². The Bertz CT molecular complexity index is 1450. The van der Waals surface area contributed by atoms with Crippen molar-refractivity contribution in [3.63, 3.8) is 0 Å². The average molecular weight is 533 g/mol. The molecule has 1 amide bonds. The number of rotatable bonds is 7. The van der Waals surface area contributed by atoms with Gasteiger partial charge in [-0.2, -0.15) is 5.10 Å². The Kier molecular flexibility index (Phi) is 8.30. The molecule has 0 radical (unpaired) electrons. The molecule has 0 heterocycles. The minimum atomic E-state index is -0.666. The number of halogens is 2. The average Bonchev–Trinajstić information content (AvgIpc) is 2.91. The van der Waals surface area contributed by atoms with Crippen molar-refractivity contribution >= 4 is 47.3 Å². The van der Waals surface area contributed by atoms with Crippen LogP contribution < -0.4 is 14.9 Å². The number of carbonyl (C=O) groups is 3. The molecule has 0 spiro atoms. The summed E-state index contributed by atoms with van der Waals surface area (Å²) in [5, 5.41) is 4.91. The maximum Gasteiger partial charge on any atom is 0.343 e. The molecule has 0 aliphatic carbocycles. The Morgan fingerprint density at radius 3 is 1.84 bits per heavy atom. The van der Waals surface area contributed by atoms with E-state index in [4.69, 9.17) is 32.7 Å². The van der Waals surface area contributed by atoms with E-state index in [1.807, 2.05) is 0 Å². The van der Waals surface area contributed by atoms with E-state index in [1.165, 1.54) is 48.7 Å². The number of hydrogen-bond acceptors (Lipinski definition) is 6. The molecule has 0 saturated heterocycles. The van der Waals surface area contributed by atoms with Gasteiger partial charge in [0.15, 0.2) is 0 Å². The van der Waals surface area contributed by atoms with Crippen LogP contribution in [-0.4, -0.2) is 24.1 Å². The minimum Gasteiger partial charge on any atom is -0.423 e. The summed E-state index contributed by atoms with van der Waals surface area (Å²) in [6, 6.07) is 25.3. The number of hydrogen-bond donors (Lipinski definition) is 1. The second-order valence-corrected chi connectivity index (χ2v) is 8.43. The molecule has 0 atom stereocenters. The van der Waals surface area contributed by atoms with Crippen molar-refractivity contribution in [2.45, 2.75) is 0 Å². The van der Waals surface area contributed by atoms with Gasteiger partial charge in [-0.15, -0.1) is 0 Å². The fraction of sp³-hybridized carbons (Fsp3) is 0. The number of carbonyl (C=O) groups excluding carboxylic acids is 3. The van der Waals surface area contributed by atoms with Crippen LogP contribution in [-0.2, 0) is 0 Å². The number of esters is 2. The molecule has 0 fully saturated rings. The highest BCUT2D eigenvalue weighted by Crippen LogP contribution is 2.26. The summed E-state index contributed by atoms with van der Waals surface area (Å²) >= 11 is 11.8. The van der Waals surface area contributed by atoms with Gasteiger partial charge in [0.1, 0.15) is 11.5 Å². The second kappa shape index (κ2) is 12.0. The largest absolute Gasteiger partial charge is 0.423 e. The predicted octanol–water partition coefficient (Wildman–Crippen LogP) is 6.20. The molecule has 1 N–H and O–H groups in total. The molecule has 7 nitrogen and oxygen atoms in total. The van der Waals surface area contributed by atoms with Crippen molar-refractivity contribution in [1.82, 2.24) is 5.43 Å². The van der Waals surface area contributed by atoms with Crippen LogP contribution in [0.15, 0.2) is 102 Å². The Morgan fingerprint density at radius 2 is 1.24 bits per heavy atom. The molecule has 184 valence electrons. The Morgan fingerprint density at radius 1 is 0.676 bits per heavy atom. The molecule has 0 aliphatic rings. The van der Waals surface area contributed by atoms with Gasteiger partial charge in [-0.3, -0.25) is 4.79 Å². The van der Waals surface area contributed by atoms with Crippen LogP contribution >= 0.6 is 23.2 Å². The molecule has 0 unspecified atom stereocenters. The summed E-state index contributed by atoms with van der Waals surface area (Å²) in [7, 11) is 0. The van der Waals surface area contributed by atoms with Crippen LogP contribution in [0.5, 0.6) is 11.5 Å². The third-order valence-electron chi connectivity index (χ3n) is 4.96. The van der Waals surface area contributed by atoms with E-state index in [1.54, 1.807) is 54.6 Å². The zero-order chi connectivity index (χ0) is 26.2. The molecule has 9 heteroatoms. The number of hydrazone groups is 1. The van der Waals surface area contributed by atoms with Crippen molar-refractivity contribution in [2.24, 2.45) is 5.10 Å². The SMILES string of the molecule is O=C(N/N=C/c1ccc(OC(=O)c2ccc(Cl)cc2)cc1OC(=O)c1ccc(Cl)cc1)c1ccccc1. The van der Waals surface area contributed by atoms with Crippen LogP contribution in [0.2, 0.25) is 10.0 Å². The first-order valence-electron chi connectivity index (χ1n) is 10.9. The zero-order valence-electron chi connectivity index (χ0n) is 19.1. The van der Waals surface area contributed by atoms with E-state index in [2.05, 4.69) is 10.5 Å². The third kappa shape index (κ3) is 7.04. The maximum atomic E-state index is 12.7. The highest BCUT2D eigenvalue weighted by Gasteiger charge is 2.15. The fourth-order valence-electron chi connectivity index (χ4n) is 3.08. The molecular formula is C28H18Cl2N2O5. The number of nitrogens with zero attached hydrogens (tertiary/aromatic N) is 1. The van der Waals surface area contributed by atoms with Crippen LogP contribution in [0.1, 0.15) is 36.6 Å². The summed E-state index contributed by atoms with van der Waals surface area (Å²) in [4.78, 5) is 37.5. The smallest absolute Gasteiger partial charge is 0.343 e. The lowest BCUT2D eigenvalue weighted by molar-refractivity contribution is 0.0732. The Balaban J connectivity index is 1.56. The van der Waals surface area contributed by atoms with Gasteiger partial charge in [0.05, 0.1) is 17.3 Å². The van der Waals surface area contributed by atoms with Crippen LogP contribution in [0.25, 0.3) is 0 Å². The third-order valence-corrected chi connectivity index (χ3v) is 5.47. The molecule has 4 aromatic carbocycles. The van der Waals surface area contributed by atoms with E-state index >= 15 is 0 Å². The van der Waals surface area contributed by atoms with Gasteiger partial charge in [0.2, 0.25) is 0 Å². The summed E-state index contributed by atoms with van der Waals surface area (Å²) in [5.74, 6) is -1.52. The van der Waals surface area contributed by atoms with E-state index in [9.17, 15) is 14.4 Å². The number of nitrogens with one attached hydrogen (secondary N) is 1. The molecule has 4 rings (SSSR count). The Hall–Kier alpha value is -4.46. The van der Waals surface area contributed by atoms with Crippen LogP contribution in [0.3, 0.4) is 0 Å². The Labute approximate surface area is 222 Å². The lowest BCUT2D eigenvalue weighted by Gasteiger charge is -2.11. The topological polar surface area (TPSA) is 94.1 Å². The van der Waals surface area contributed by atoms with Gasteiger partial charge in [-0.05, 0) is 72.8 Å². The highest BCUT2D eigenvalue weighted by molar-refractivity contribution is 6.31. The second-order valence-electron chi connectivity index (χ2n) is 7.56. The fourth-order valence-corrected chi connectivity index (χ4v) is 3.34. The van der Waals surface area contributed by atoms with Crippen LogP contribution in [0, 0.1) is 0 Å². The van der Waals surface area contributed by atoms with Gasteiger partial charge >= 0.3 is 11.9 Å². The summed E-state index contributed by atoms with van der Waals surface area (Å²) in [6.45, 7) is 0. The predicted molar refractivity (Wildman–Crippen MR) is 141 cm³/mol. The molecule has 4 aromatic rings. The lowest BCUT2D eigenvalue weighted by Crippen LogP contribution is -2.17. The van der Waals surface area contributed by atoms with Crippen molar-refractivity contribution in [3.05, 3.63) is 129 Å². The number of ether oxygens (including phenoxy) is 2. The first-order chi connectivity index (χ1) is 17.9. The summed E-state index contributed by atoms with van der Waals surface area (Å²) in [5.41, 5.74) is 3.74. The van der Waals surface area contributed by atoms with E-state index in [0.29, 0.717) is 26.7 Å². The monoisotopic (exact) mass is 532 g/mol. The molecule has 0 bridgehead atoms. The van der Waals surface area contributed by atoms with Crippen molar-refractivity contribution in [1.29, 1.82) is 0 Å². The normalized spacial score (nSPS) is 10.6. The molecule has 0 aliphatic heterocycles. The van der Waals surface area contributed by atoms with Crippen molar-refractivity contribution in [2.75, 3.05) is 0 Å². The highest BCUT2D eigenvalue weighted by atomic mass is 35.5. The quantitative estimate of drug-likeness (QED) is 0.132. The van der Waals surface area contributed by atoms with Crippen molar-refractivity contribution < 1.29 is 23.9 Å². The van der Waals surface area contributed by atoms with Gasteiger partial charge in [-0.1, -0.05) is 41.4 Å². The van der Waals surface area contributed by atoms with Gasteiger partial charge < -0.3 is 9.47 Å². The van der Waals surface area contributed by atoms with E-state index in [0.717, 1.165) is 0 Å². The minimum absolute atomic E-state index is 0.0547. The zero-order valence-corrected chi connectivity index (χ0v) is 20.6. The summed E-state index contributed by atoms with van der Waals surface area (Å²) in [6.07, 6.45) is 1.32. The number of amides is 1. The first-order valence-corrected chi connectivity index (χ1v) is 11.6. The molecule has 0 aromatic heterocycles. The number of benzene rings is 4. The van der Waals surface area contributed by atoms with E-state index in [-0.39, 0.29) is 17.1 Å². The first kappa shape index (κ1) is 25.6. The molecule has 0 saturated carbocycles.